The number of hydrogen-bond donors (Lipinski definition) is 1. The van der Waals surface area contributed by atoms with Gasteiger partial charge in [0.05, 0.1) is 0 Å². The molecule has 2 bridgehead atoms. The number of rotatable bonds is 1. The molecular weight excluding hydrogens is 134 g/mol. The Morgan fingerprint density at radius 3 is 2.18 bits per heavy atom. The lowest BCUT2D eigenvalue weighted by atomic mass is 9.89. The van der Waals surface area contributed by atoms with Gasteiger partial charge in [0.2, 0.25) is 0 Å². The zero-order chi connectivity index (χ0) is 8.27. The maximum atomic E-state index is 5.62. The first kappa shape index (κ1) is 9.05. The Bertz CT molecular complexity index is 111. The van der Waals surface area contributed by atoms with E-state index in [1.54, 1.807) is 0 Å². The SMILES string of the molecule is CC.NCC1CC2CCC1C2. The maximum absolute atomic E-state index is 5.62. The molecule has 0 heterocycles. The summed E-state index contributed by atoms with van der Waals surface area (Å²) in [6.07, 6.45) is 5.93. The van der Waals surface area contributed by atoms with Crippen molar-refractivity contribution in [1.82, 2.24) is 0 Å². The first-order valence-corrected chi connectivity index (χ1v) is 5.10. The molecule has 2 N–H and O–H groups in total. The molecular formula is C10H21N. The van der Waals surface area contributed by atoms with E-state index in [1.807, 2.05) is 13.8 Å². The minimum atomic E-state index is 0.906. The van der Waals surface area contributed by atoms with Crippen LogP contribution in [0.5, 0.6) is 0 Å². The third-order valence-corrected chi connectivity index (χ3v) is 3.19. The van der Waals surface area contributed by atoms with Gasteiger partial charge in [0.1, 0.15) is 0 Å². The van der Waals surface area contributed by atoms with Crippen LogP contribution >= 0.6 is 0 Å². The predicted octanol–water partition coefficient (Wildman–Crippen LogP) is 2.41. The fourth-order valence-electron chi connectivity index (χ4n) is 2.67. The van der Waals surface area contributed by atoms with E-state index in [9.17, 15) is 0 Å². The van der Waals surface area contributed by atoms with Crippen LogP contribution in [0.2, 0.25) is 0 Å². The average molecular weight is 155 g/mol. The van der Waals surface area contributed by atoms with Crippen LogP contribution in [0.1, 0.15) is 39.5 Å². The molecule has 3 atom stereocenters. The van der Waals surface area contributed by atoms with Crippen molar-refractivity contribution < 1.29 is 0 Å². The lowest BCUT2D eigenvalue weighted by Gasteiger charge is -2.18. The summed E-state index contributed by atoms with van der Waals surface area (Å²) in [6, 6.07) is 0. The van der Waals surface area contributed by atoms with Crippen LogP contribution in [-0.2, 0) is 0 Å². The molecule has 0 amide bonds. The van der Waals surface area contributed by atoms with Gasteiger partial charge in [-0.2, -0.15) is 0 Å². The van der Waals surface area contributed by atoms with Crippen molar-refractivity contribution >= 4 is 0 Å². The second-order valence-corrected chi connectivity index (χ2v) is 3.67. The van der Waals surface area contributed by atoms with Crippen molar-refractivity contribution in [3.05, 3.63) is 0 Å². The maximum Gasteiger partial charge on any atom is -0.00461 e. The highest BCUT2D eigenvalue weighted by Gasteiger charge is 2.38. The summed E-state index contributed by atoms with van der Waals surface area (Å²) in [6.45, 7) is 4.95. The first-order chi connectivity index (χ1) is 5.40. The van der Waals surface area contributed by atoms with Gasteiger partial charge >= 0.3 is 0 Å². The number of nitrogens with two attached hydrogens (primary N) is 1. The van der Waals surface area contributed by atoms with Crippen molar-refractivity contribution in [3.8, 4) is 0 Å². The largest absolute Gasteiger partial charge is 0.330 e. The smallest absolute Gasteiger partial charge is 0.00461 e. The van der Waals surface area contributed by atoms with Crippen molar-refractivity contribution in [2.24, 2.45) is 23.5 Å². The predicted molar refractivity (Wildman–Crippen MR) is 49.3 cm³/mol. The van der Waals surface area contributed by atoms with Crippen LogP contribution in [0.15, 0.2) is 0 Å². The molecule has 0 aliphatic heterocycles. The molecule has 2 aliphatic carbocycles. The van der Waals surface area contributed by atoms with Gasteiger partial charge in [-0.05, 0) is 43.6 Å². The van der Waals surface area contributed by atoms with Crippen LogP contribution < -0.4 is 5.73 Å². The molecule has 11 heavy (non-hydrogen) atoms. The summed E-state index contributed by atoms with van der Waals surface area (Å²) < 4.78 is 0. The average Bonchev–Trinajstić information content (AvgIpc) is 2.67. The highest BCUT2D eigenvalue weighted by Crippen LogP contribution is 2.47. The third kappa shape index (κ3) is 1.76. The van der Waals surface area contributed by atoms with Crippen molar-refractivity contribution in [2.75, 3.05) is 6.54 Å². The molecule has 0 saturated heterocycles. The molecule has 0 spiro atoms. The van der Waals surface area contributed by atoms with Crippen molar-refractivity contribution in [1.29, 1.82) is 0 Å². The highest BCUT2D eigenvalue weighted by molar-refractivity contribution is 4.89. The summed E-state index contributed by atoms with van der Waals surface area (Å²) in [7, 11) is 0. The van der Waals surface area contributed by atoms with Crippen LogP contribution in [0, 0.1) is 17.8 Å². The lowest BCUT2D eigenvalue weighted by Crippen LogP contribution is -2.19. The fourth-order valence-corrected chi connectivity index (χ4v) is 2.67. The molecule has 66 valence electrons. The van der Waals surface area contributed by atoms with E-state index in [0.717, 1.165) is 24.3 Å². The molecule has 2 rings (SSSR count). The second-order valence-electron chi connectivity index (χ2n) is 3.67. The molecule has 0 aromatic heterocycles. The van der Waals surface area contributed by atoms with Crippen molar-refractivity contribution in [3.63, 3.8) is 0 Å². The number of fused-ring (bicyclic) bond motifs is 2. The summed E-state index contributed by atoms with van der Waals surface area (Å²) in [4.78, 5) is 0. The van der Waals surface area contributed by atoms with E-state index < -0.39 is 0 Å². The molecule has 2 aliphatic rings. The monoisotopic (exact) mass is 155 g/mol. The fraction of sp³-hybridized carbons (Fsp3) is 1.00. The molecule has 0 aromatic carbocycles. The Morgan fingerprint density at radius 1 is 1.18 bits per heavy atom. The van der Waals surface area contributed by atoms with Gasteiger partial charge in [0.25, 0.3) is 0 Å². The van der Waals surface area contributed by atoms with E-state index in [0.29, 0.717) is 0 Å². The Balaban J connectivity index is 0.000000281. The molecule has 1 heteroatoms. The van der Waals surface area contributed by atoms with E-state index in [-0.39, 0.29) is 0 Å². The third-order valence-electron chi connectivity index (χ3n) is 3.19. The second kappa shape index (κ2) is 4.10. The van der Waals surface area contributed by atoms with Crippen LogP contribution in [-0.4, -0.2) is 6.54 Å². The Morgan fingerprint density at radius 2 is 1.91 bits per heavy atom. The minimum Gasteiger partial charge on any atom is -0.330 e. The zero-order valence-corrected chi connectivity index (χ0v) is 7.84. The Kier molecular flexibility index (Phi) is 3.38. The van der Waals surface area contributed by atoms with Crippen LogP contribution in [0.25, 0.3) is 0 Å². The van der Waals surface area contributed by atoms with Gasteiger partial charge in [0.15, 0.2) is 0 Å². The van der Waals surface area contributed by atoms with E-state index >= 15 is 0 Å². The molecule has 0 aromatic rings. The molecule has 2 fully saturated rings. The van der Waals surface area contributed by atoms with Gasteiger partial charge in [-0.25, -0.2) is 0 Å². The minimum absolute atomic E-state index is 0.906. The molecule has 2 saturated carbocycles. The van der Waals surface area contributed by atoms with Gasteiger partial charge < -0.3 is 5.73 Å². The van der Waals surface area contributed by atoms with E-state index in [4.69, 9.17) is 5.73 Å². The van der Waals surface area contributed by atoms with Gasteiger partial charge in [-0.15, -0.1) is 0 Å². The lowest BCUT2D eigenvalue weighted by molar-refractivity contribution is 0.341. The van der Waals surface area contributed by atoms with E-state index in [2.05, 4.69) is 0 Å². The topological polar surface area (TPSA) is 26.0 Å². The van der Waals surface area contributed by atoms with Gasteiger partial charge in [-0.1, -0.05) is 20.3 Å². The van der Waals surface area contributed by atoms with Crippen molar-refractivity contribution in [2.45, 2.75) is 39.5 Å². The quantitative estimate of drug-likeness (QED) is 0.618. The van der Waals surface area contributed by atoms with E-state index in [1.165, 1.54) is 25.7 Å². The summed E-state index contributed by atoms with van der Waals surface area (Å²) >= 11 is 0. The summed E-state index contributed by atoms with van der Waals surface area (Å²) in [5.74, 6) is 3.01. The zero-order valence-electron chi connectivity index (χ0n) is 7.84. The van der Waals surface area contributed by atoms with Gasteiger partial charge in [-0.3, -0.25) is 0 Å². The highest BCUT2D eigenvalue weighted by atomic mass is 14.6. The molecule has 3 unspecified atom stereocenters. The van der Waals surface area contributed by atoms with Crippen LogP contribution in [0.4, 0.5) is 0 Å². The Labute approximate surface area is 70.4 Å². The first-order valence-electron chi connectivity index (χ1n) is 5.10. The Hall–Kier alpha value is -0.0400. The van der Waals surface area contributed by atoms with Gasteiger partial charge in [0, 0.05) is 0 Å². The van der Waals surface area contributed by atoms with Crippen LogP contribution in [0.3, 0.4) is 0 Å². The molecule has 1 nitrogen and oxygen atoms in total. The standard InChI is InChI=1S/C8H15N.C2H6/c9-5-8-4-6-1-2-7(8)3-6;1-2/h6-8H,1-5,9H2;1-2H3. The summed E-state index contributed by atoms with van der Waals surface area (Å²) in [5, 5.41) is 0. The normalized spacial score (nSPS) is 40.1. The number of hydrogen-bond acceptors (Lipinski definition) is 1. The molecule has 0 radical (unpaired) electrons. The summed E-state index contributed by atoms with van der Waals surface area (Å²) in [5.41, 5.74) is 5.62.